The van der Waals surface area contributed by atoms with Gasteiger partial charge in [0.15, 0.2) is 0 Å². The second kappa shape index (κ2) is 6.64. The number of hydrogen-bond acceptors (Lipinski definition) is 6. The van der Waals surface area contributed by atoms with E-state index in [0.717, 1.165) is 29.0 Å². The van der Waals surface area contributed by atoms with E-state index >= 15 is 0 Å². The van der Waals surface area contributed by atoms with E-state index in [4.69, 9.17) is 0 Å². The molecule has 28 heavy (non-hydrogen) atoms. The first-order chi connectivity index (χ1) is 13.1. The van der Waals surface area contributed by atoms with E-state index in [2.05, 4.69) is 14.7 Å². The van der Waals surface area contributed by atoms with Crippen LogP contribution in [-0.2, 0) is 29.2 Å². The molecule has 1 aromatic carbocycles. The maximum Gasteiger partial charge on any atom is 0.471 e. The molecule has 0 saturated carbocycles. The maximum atomic E-state index is 13.4. The topological polar surface area (TPSA) is 76.3 Å². The highest BCUT2D eigenvalue weighted by molar-refractivity contribution is 7.89. The molecule has 12 heteroatoms. The first-order valence-electron chi connectivity index (χ1n) is 7.93. The highest BCUT2D eigenvalue weighted by Gasteiger charge is 2.39. The third-order valence-corrected chi connectivity index (χ3v) is 7.17. The molecular formula is C16H11F4N3O3S2. The standard InChI is InChI=1S/C16H11F4N3O3S2/c17-10-2-1-3-11(7-10)28(24,25)23-5-4-9-6-12(27-13(9)8-23)14-21-15(26-22-14)16(18,19)20/h1-3,6-7H,4-5,8H2. The smallest absolute Gasteiger partial charge is 0.329 e. The van der Waals surface area contributed by atoms with Gasteiger partial charge in [-0.15, -0.1) is 11.3 Å². The van der Waals surface area contributed by atoms with Crippen LogP contribution in [0.5, 0.6) is 0 Å². The normalized spacial score (nSPS) is 15.6. The zero-order valence-electron chi connectivity index (χ0n) is 13.9. The highest BCUT2D eigenvalue weighted by atomic mass is 32.2. The molecule has 4 rings (SSSR count). The summed E-state index contributed by atoms with van der Waals surface area (Å²) in [5.74, 6) is -2.30. The molecule has 1 aliphatic heterocycles. The minimum Gasteiger partial charge on any atom is -0.329 e. The highest BCUT2D eigenvalue weighted by Crippen LogP contribution is 2.36. The summed E-state index contributed by atoms with van der Waals surface area (Å²) < 4.78 is 82.2. The van der Waals surface area contributed by atoms with Gasteiger partial charge < -0.3 is 4.52 Å². The van der Waals surface area contributed by atoms with Crippen molar-refractivity contribution in [2.75, 3.05) is 6.54 Å². The summed E-state index contributed by atoms with van der Waals surface area (Å²) in [5.41, 5.74) is 0.809. The van der Waals surface area contributed by atoms with Crippen molar-refractivity contribution in [3.05, 3.63) is 52.5 Å². The Bertz CT molecular complexity index is 1140. The lowest BCUT2D eigenvalue weighted by molar-refractivity contribution is -0.159. The van der Waals surface area contributed by atoms with Gasteiger partial charge in [0.05, 0.1) is 9.77 Å². The van der Waals surface area contributed by atoms with Crippen molar-refractivity contribution < 1.29 is 30.5 Å². The fourth-order valence-corrected chi connectivity index (χ4v) is 5.50. The molecule has 3 aromatic rings. The SMILES string of the molecule is O=S(=O)(c1cccc(F)c1)N1CCc2cc(-c3noc(C(F)(F)F)n3)sc2C1. The third kappa shape index (κ3) is 3.42. The van der Waals surface area contributed by atoms with Crippen molar-refractivity contribution in [1.82, 2.24) is 14.4 Å². The molecule has 6 nitrogen and oxygen atoms in total. The average Bonchev–Trinajstić information content (AvgIpc) is 3.27. The Kier molecular flexibility index (Phi) is 4.51. The van der Waals surface area contributed by atoms with E-state index in [1.807, 2.05) is 0 Å². The van der Waals surface area contributed by atoms with E-state index in [-0.39, 0.29) is 23.8 Å². The molecule has 0 amide bonds. The van der Waals surface area contributed by atoms with Crippen LogP contribution in [0.4, 0.5) is 17.6 Å². The van der Waals surface area contributed by atoms with Gasteiger partial charge in [0, 0.05) is 18.0 Å². The molecule has 0 spiro atoms. The van der Waals surface area contributed by atoms with Crippen LogP contribution in [0, 0.1) is 5.82 Å². The molecule has 0 radical (unpaired) electrons. The Morgan fingerprint density at radius 2 is 2.00 bits per heavy atom. The maximum absolute atomic E-state index is 13.4. The number of rotatable bonds is 3. The monoisotopic (exact) mass is 433 g/mol. The van der Waals surface area contributed by atoms with Crippen LogP contribution in [0.2, 0.25) is 0 Å². The van der Waals surface area contributed by atoms with Gasteiger partial charge in [0.2, 0.25) is 15.8 Å². The third-order valence-electron chi connectivity index (χ3n) is 4.17. The molecule has 0 aliphatic carbocycles. The Labute approximate surface area is 160 Å². The van der Waals surface area contributed by atoms with Gasteiger partial charge in [-0.2, -0.15) is 22.5 Å². The molecule has 0 bridgehead atoms. The van der Waals surface area contributed by atoms with Crippen molar-refractivity contribution >= 4 is 21.4 Å². The summed E-state index contributed by atoms with van der Waals surface area (Å²) >= 11 is 1.10. The number of nitrogens with zero attached hydrogens (tertiary/aromatic N) is 3. The molecule has 3 heterocycles. The predicted molar refractivity (Wildman–Crippen MR) is 90.3 cm³/mol. The summed E-state index contributed by atoms with van der Waals surface area (Å²) in [6, 6.07) is 6.36. The van der Waals surface area contributed by atoms with Gasteiger partial charge in [-0.3, -0.25) is 0 Å². The Balaban J connectivity index is 1.61. The lowest BCUT2D eigenvalue weighted by Gasteiger charge is -2.26. The van der Waals surface area contributed by atoms with E-state index in [1.54, 1.807) is 6.07 Å². The summed E-state index contributed by atoms with van der Waals surface area (Å²) in [5, 5.41) is 3.35. The number of sulfonamides is 1. The van der Waals surface area contributed by atoms with Crippen LogP contribution in [0.3, 0.4) is 0 Å². The van der Waals surface area contributed by atoms with E-state index in [1.165, 1.54) is 16.4 Å². The second-order valence-electron chi connectivity index (χ2n) is 6.03. The van der Waals surface area contributed by atoms with E-state index < -0.39 is 27.9 Å². The molecule has 148 valence electrons. The average molecular weight is 433 g/mol. The van der Waals surface area contributed by atoms with Gasteiger partial charge >= 0.3 is 12.1 Å². The zero-order chi connectivity index (χ0) is 20.1. The van der Waals surface area contributed by atoms with Gasteiger partial charge in [-0.25, -0.2) is 12.8 Å². The Morgan fingerprint density at radius 1 is 1.21 bits per heavy atom. The zero-order valence-corrected chi connectivity index (χ0v) is 15.5. The summed E-state index contributed by atoms with van der Waals surface area (Å²) in [6.07, 6.45) is -4.37. The van der Waals surface area contributed by atoms with E-state index in [0.29, 0.717) is 16.2 Å². The van der Waals surface area contributed by atoms with E-state index in [9.17, 15) is 26.0 Å². The van der Waals surface area contributed by atoms with Crippen molar-refractivity contribution in [1.29, 1.82) is 0 Å². The fourth-order valence-electron chi connectivity index (χ4n) is 2.83. The van der Waals surface area contributed by atoms with Crippen LogP contribution in [-0.4, -0.2) is 29.4 Å². The fraction of sp³-hybridized carbons (Fsp3) is 0.250. The number of benzene rings is 1. The van der Waals surface area contributed by atoms with Crippen LogP contribution in [0.25, 0.3) is 10.7 Å². The van der Waals surface area contributed by atoms with Gasteiger partial charge in [0.1, 0.15) is 5.82 Å². The first kappa shape index (κ1) is 19.0. The summed E-state index contributed by atoms with van der Waals surface area (Å²) in [4.78, 5) is 4.22. The number of thiophene rings is 1. The minimum absolute atomic E-state index is 0.0306. The molecule has 0 atom stereocenters. The first-order valence-corrected chi connectivity index (χ1v) is 10.2. The number of aromatic nitrogens is 2. The lowest BCUT2D eigenvalue weighted by atomic mass is 10.1. The number of alkyl halides is 3. The van der Waals surface area contributed by atoms with Crippen molar-refractivity contribution in [3.8, 4) is 10.7 Å². The molecule has 0 N–H and O–H groups in total. The predicted octanol–water partition coefficient (Wildman–Crippen LogP) is 3.70. The van der Waals surface area contributed by atoms with Crippen molar-refractivity contribution in [2.24, 2.45) is 0 Å². The molecule has 2 aromatic heterocycles. The largest absolute Gasteiger partial charge is 0.471 e. The summed E-state index contributed by atoms with van der Waals surface area (Å²) in [7, 11) is -3.90. The molecule has 0 unspecified atom stereocenters. The van der Waals surface area contributed by atoms with Crippen LogP contribution in [0.15, 0.2) is 39.8 Å². The van der Waals surface area contributed by atoms with Gasteiger partial charge in [0.25, 0.3) is 0 Å². The minimum atomic E-state index is -4.74. The molecule has 1 aliphatic rings. The van der Waals surface area contributed by atoms with Crippen LogP contribution >= 0.6 is 11.3 Å². The van der Waals surface area contributed by atoms with Gasteiger partial charge in [-0.1, -0.05) is 11.2 Å². The van der Waals surface area contributed by atoms with Crippen LogP contribution < -0.4 is 0 Å². The number of hydrogen-bond donors (Lipinski definition) is 0. The Morgan fingerprint density at radius 3 is 2.68 bits per heavy atom. The van der Waals surface area contributed by atoms with Crippen molar-refractivity contribution in [2.45, 2.75) is 24.0 Å². The molecule has 0 fully saturated rings. The van der Waals surface area contributed by atoms with Gasteiger partial charge in [-0.05, 0) is 36.2 Å². The molecule has 0 saturated heterocycles. The lowest BCUT2D eigenvalue weighted by Crippen LogP contribution is -2.35. The number of fused-ring (bicyclic) bond motifs is 1. The molecular weight excluding hydrogens is 422 g/mol. The van der Waals surface area contributed by atoms with Crippen LogP contribution in [0.1, 0.15) is 16.3 Å². The number of halogens is 4. The van der Waals surface area contributed by atoms with Crippen molar-refractivity contribution in [3.63, 3.8) is 0 Å². The second-order valence-corrected chi connectivity index (χ2v) is 9.10. The summed E-state index contributed by atoms with van der Waals surface area (Å²) in [6.45, 7) is 0.199. The Hall–Kier alpha value is -2.31. The quantitative estimate of drug-likeness (QED) is 0.589.